The van der Waals surface area contributed by atoms with E-state index in [1.54, 1.807) is 24.3 Å². The molecule has 142 valence electrons. The van der Waals surface area contributed by atoms with Gasteiger partial charge in [-0.05, 0) is 42.8 Å². The molecule has 0 N–H and O–H groups in total. The zero-order valence-electron chi connectivity index (χ0n) is 15.2. The van der Waals surface area contributed by atoms with Crippen molar-refractivity contribution in [3.05, 3.63) is 67.6 Å². The van der Waals surface area contributed by atoms with Crippen LogP contribution in [-0.2, 0) is 6.42 Å². The van der Waals surface area contributed by atoms with Crippen LogP contribution in [0, 0.1) is 12.3 Å². The van der Waals surface area contributed by atoms with Crippen molar-refractivity contribution in [3.63, 3.8) is 0 Å². The van der Waals surface area contributed by atoms with Gasteiger partial charge < -0.3 is 4.74 Å². The van der Waals surface area contributed by atoms with E-state index in [0.717, 1.165) is 10.9 Å². The van der Waals surface area contributed by atoms with Crippen molar-refractivity contribution in [2.45, 2.75) is 19.8 Å². The Morgan fingerprint density at radius 1 is 1.36 bits per heavy atom. The summed E-state index contributed by atoms with van der Waals surface area (Å²) in [5.41, 5.74) is 1.02. The molecule has 3 aromatic rings. The molecule has 5 nitrogen and oxygen atoms in total. The molecule has 0 saturated carbocycles. The quantitative estimate of drug-likeness (QED) is 0.399. The van der Waals surface area contributed by atoms with E-state index in [-0.39, 0.29) is 12.2 Å². The van der Waals surface area contributed by atoms with Crippen LogP contribution in [0.1, 0.15) is 24.7 Å². The number of nitrogens with zero attached hydrogens (tertiary/aromatic N) is 3. The number of hydrogen-bond donors (Lipinski definition) is 0. The molecule has 0 spiro atoms. The monoisotopic (exact) mass is 457 g/mol. The smallest absolute Gasteiger partial charge is 0.282 e. The summed E-state index contributed by atoms with van der Waals surface area (Å²) in [7, 11) is 0. The summed E-state index contributed by atoms with van der Waals surface area (Å²) < 4.78 is 7.66. The first-order valence-corrected chi connectivity index (χ1v) is 9.82. The third kappa shape index (κ3) is 4.44. The van der Waals surface area contributed by atoms with Gasteiger partial charge in [-0.25, -0.2) is 4.98 Å². The first-order valence-electron chi connectivity index (χ1n) is 8.65. The summed E-state index contributed by atoms with van der Waals surface area (Å²) in [6.45, 7) is 2.14. The Morgan fingerprint density at radius 2 is 2.18 bits per heavy atom. The van der Waals surface area contributed by atoms with Crippen molar-refractivity contribution in [1.82, 2.24) is 9.66 Å². The van der Waals surface area contributed by atoms with Gasteiger partial charge in [-0.1, -0.05) is 40.4 Å². The topological polar surface area (TPSA) is 56.5 Å². The molecule has 0 saturated heterocycles. The number of aromatic nitrogens is 2. The molecular formula is C21H17BrClN3O2. The fourth-order valence-electron chi connectivity index (χ4n) is 2.69. The van der Waals surface area contributed by atoms with Gasteiger partial charge in [-0.15, -0.1) is 6.42 Å². The van der Waals surface area contributed by atoms with E-state index < -0.39 is 0 Å². The van der Waals surface area contributed by atoms with Gasteiger partial charge in [0.15, 0.2) is 0 Å². The highest BCUT2D eigenvalue weighted by molar-refractivity contribution is 9.10. The van der Waals surface area contributed by atoms with E-state index in [4.69, 9.17) is 22.8 Å². The average Bonchev–Trinajstić information content (AvgIpc) is 2.68. The molecule has 1 heterocycles. The van der Waals surface area contributed by atoms with Crippen molar-refractivity contribution < 1.29 is 4.74 Å². The van der Waals surface area contributed by atoms with E-state index in [0.29, 0.717) is 39.5 Å². The van der Waals surface area contributed by atoms with Gasteiger partial charge in [-0.2, -0.15) is 9.78 Å². The van der Waals surface area contributed by atoms with Crippen LogP contribution in [0.15, 0.2) is 50.8 Å². The number of ether oxygens (including phenoxy) is 1. The molecule has 0 bridgehead atoms. The normalized spacial score (nSPS) is 11.1. The number of benzene rings is 2. The third-order valence-corrected chi connectivity index (χ3v) is 4.67. The minimum Gasteiger partial charge on any atom is -0.480 e. The molecule has 7 heteroatoms. The highest BCUT2D eigenvalue weighted by atomic mass is 79.9. The zero-order chi connectivity index (χ0) is 20.1. The van der Waals surface area contributed by atoms with E-state index >= 15 is 0 Å². The molecule has 1 aromatic heterocycles. The van der Waals surface area contributed by atoms with E-state index in [2.05, 4.69) is 31.9 Å². The highest BCUT2D eigenvalue weighted by Gasteiger charge is 2.11. The van der Waals surface area contributed by atoms with Crippen molar-refractivity contribution in [3.8, 4) is 18.1 Å². The van der Waals surface area contributed by atoms with Crippen LogP contribution in [0.5, 0.6) is 5.75 Å². The van der Waals surface area contributed by atoms with Crippen LogP contribution in [0.2, 0.25) is 5.02 Å². The molecule has 0 fully saturated rings. The number of hydrogen-bond acceptors (Lipinski definition) is 4. The van der Waals surface area contributed by atoms with E-state index in [9.17, 15) is 4.79 Å². The van der Waals surface area contributed by atoms with Gasteiger partial charge in [-0.3, -0.25) is 4.79 Å². The molecule has 0 aliphatic heterocycles. The van der Waals surface area contributed by atoms with Gasteiger partial charge in [0.25, 0.3) is 5.56 Å². The Hall–Kier alpha value is -2.62. The maximum atomic E-state index is 13.0. The Bertz CT molecular complexity index is 1150. The summed E-state index contributed by atoms with van der Waals surface area (Å²) >= 11 is 9.49. The lowest BCUT2D eigenvalue weighted by molar-refractivity contribution is 0.370. The minimum atomic E-state index is -0.237. The highest BCUT2D eigenvalue weighted by Crippen LogP contribution is 2.22. The largest absolute Gasteiger partial charge is 0.480 e. The maximum absolute atomic E-state index is 13.0. The molecule has 0 amide bonds. The van der Waals surface area contributed by atoms with Crippen molar-refractivity contribution >= 4 is 44.6 Å². The number of rotatable bonds is 6. The van der Waals surface area contributed by atoms with Crippen LogP contribution in [0.3, 0.4) is 0 Å². The average molecular weight is 459 g/mol. The summed E-state index contributed by atoms with van der Waals surface area (Å²) in [5, 5.41) is 5.41. The number of fused-ring (bicyclic) bond motifs is 1. The van der Waals surface area contributed by atoms with Gasteiger partial charge in [0.05, 0.1) is 17.1 Å². The Balaban J connectivity index is 2.12. The van der Waals surface area contributed by atoms with Crippen LogP contribution in [-0.4, -0.2) is 22.5 Å². The van der Waals surface area contributed by atoms with Crippen molar-refractivity contribution in [2.75, 3.05) is 6.61 Å². The first-order chi connectivity index (χ1) is 13.5. The maximum Gasteiger partial charge on any atom is 0.282 e. The Morgan fingerprint density at radius 3 is 2.93 bits per heavy atom. The molecule has 0 aliphatic rings. The molecule has 2 aromatic carbocycles. The number of terminal acetylenes is 1. The predicted octanol–water partition coefficient (Wildman–Crippen LogP) is 4.66. The standard InChI is InChI=1S/C21H17BrClN3O2/c1-3-5-20-25-18-8-6-15(22)12-17(18)21(27)26(20)24-13-14-11-16(23)7-9-19(14)28-10-4-2/h2,6-9,11-13H,3,5,10H2,1H3. The van der Waals surface area contributed by atoms with Crippen LogP contribution in [0.4, 0.5) is 0 Å². The summed E-state index contributed by atoms with van der Waals surface area (Å²) in [6, 6.07) is 10.5. The zero-order valence-corrected chi connectivity index (χ0v) is 17.5. The van der Waals surface area contributed by atoms with Gasteiger partial charge in [0, 0.05) is 21.5 Å². The second kappa shape index (κ2) is 9.05. The fourth-order valence-corrected chi connectivity index (χ4v) is 3.23. The molecule has 0 radical (unpaired) electrons. The minimum absolute atomic E-state index is 0.120. The van der Waals surface area contributed by atoms with E-state index in [1.165, 1.54) is 10.9 Å². The predicted molar refractivity (Wildman–Crippen MR) is 116 cm³/mol. The second-order valence-corrected chi connectivity index (χ2v) is 7.33. The fraction of sp³-hybridized carbons (Fsp3) is 0.190. The van der Waals surface area contributed by atoms with E-state index in [1.807, 2.05) is 19.1 Å². The molecular weight excluding hydrogens is 442 g/mol. The van der Waals surface area contributed by atoms with Crippen molar-refractivity contribution in [1.29, 1.82) is 0 Å². The SMILES string of the molecule is C#CCOc1ccc(Cl)cc1C=Nn1c(CCC)nc2ccc(Br)cc2c1=O. The molecule has 0 aliphatic carbocycles. The van der Waals surface area contributed by atoms with Gasteiger partial charge >= 0.3 is 0 Å². The number of halogens is 2. The lowest BCUT2D eigenvalue weighted by atomic mass is 10.2. The number of aryl methyl sites for hydroxylation is 1. The second-order valence-electron chi connectivity index (χ2n) is 5.98. The van der Waals surface area contributed by atoms with Gasteiger partial charge in [0.2, 0.25) is 0 Å². The Labute approximate surface area is 176 Å². The van der Waals surface area contributed by atoms with Crippen LogP contribution < -0.4 is 10.3 Å². The first kappa shape index (κ1) is 20.1. The Kier molecular flexibility index (Phi) is 6.50. The molecule has 3 rings (SSSR count). The summed E-state index contributed by atoms with van der Waals surface area (Å²) in [6.07, 6.45) is 8.25. The molecule has 0 atom stereocenters. The summed E-state index contributed by atoms with van der Waals surface area (Å²) in [5.74, 6) is 3.55. The van der Waals surface area contributed by atoms with Gasteiger partial charge in [0.1, 0.15) is 18.2 Å². The van der Waals surface area contributed by atoms with Crippen LogP contribution >= 0.6 is 27.5 Å². The summed E-state index contributed by atoms with van der Waals surface area (Å²) in [4.78, 5) is 17.6. The lowest BCUT2D eigenvalue weighted by Crippen LogP contribution is -2.22. The van der Waals surface area contributed by atoms with Crippen molar-refractivity contribution in [2.24, 2.45) is 5.10 Å². The molecule has 28 heavy (non-hydrogen) atoms. The van der Waals surface area contributed by atoms with Crippen LogP contribution in [0.25, 0.3) is 10.9 Å². The lowest BCUT2D eigenvalue weighted by Gasteiger charge is -2.10. The molecule has 0 unspecified atom stereocenters. The third-order valence-electron chi connectivity index (χ3n) is 3.94.